The molecule has 2 rings (SSSR count). The van der Waals surface area contributed by atoms with Crippen molar-refractivity contribution in [2.45, 2.75) is 72.1 Å². The van der Waals surface area contributed by atoms with Gasteiger partial charge in [0, 0.05) is 17.2 Å². The van der Waals surface area contributed by atoms with Crippen molar-refractivity contribution in [3.05, 3.63) is 22.4 Å². The lowest BCUT2D eigenvalue weighted by Gasteiger charge is -2.00. The van der Waals surface area contributed by atoms with Crippen molar-refractivity contribution in [1.82, 2.24) is 0 Å². The second-order valence-electron chi connectivity index (χ2n) is 6.28. The number of thiophene rings is 1. The van der Waals surface area contributed by atoms with Gasteiger partial charge in [0.25, 0.3) is 10.1 Å². The molecule has 4 nitrogen and oxygen atoms in total. The van der Waals surface area contributed by atoms with Crippen molar-refractivity contribution in [1.29, 1.82) is 0 Å². The zero-order chi connectivity index (χ0) is 18.4. The second-order valence-corrected chi connectivity index (χ2v) is 8.89. The minimum atomic E-state index is -3.69. The smallest absolute Gasteiger partial charge is 0.264 e. The van der Waals surface area contributed by atoms with Gasteiger partial charge in [-0.25, -0.2) is 0 Å². The van der Waals surface area contributed by atoms with E-state index >= 15 is 0 Å². The van der Waals surface area contributed by atoms with Crippen LogP contribution in [0.25, 0.3) is 0 Å². The fourth-order valence-corrected chi connectivity index (χ4v) is 3.37. The average Bonchev–Trinajstić information content (AvgIpc) is 3.20. The summed E-state index contributed by atoms with van der Waals surface area (Å²) in [5.41, 5.74) is 0. The third kappa shape index (κ3) is 14.8. The van der Waals surface area contributed by atoms with Gasteiger partial charge in [-0.1, -0.05) is 65.4 Å². The molecule has 0 atom stereocenters. The molecule has 1 aliphatic carbocycles. The minimum Gasteiger partial charge on any atom is -0.299 e. The molecule has 0 radical (unpaired) electrons. The molecule has 6 heteroatoms. The van der Waals surface area contributed by atoms with Gasteiger partial charge in [-0.3, -0.25) is 9.35 Å². The van der Waals surface area contributed by atoms with E-state index in [0.29, 0.717) is 18.6 Å². The molecule has 24 heavy (non-hydrogen) atoms. The quantitative estimate of drug-likeness (QED) is 0.698. The lowest BCUT2D eigenvalue weighted by molar-refractivity contribution is -0.121. The van der Waals surface area contributed by atoms with E-state index in [-0.39, 0.29) is 11.7 Å². The average molecular weight is 377 g/mol. The van der Waals surface area contributed by atoms with Crippen LogP contribution in [0.4, 0.5) is 0 Å². The fourth-order valence-electron chi connectivity index (χ4n) is 2.00. The number of ketones is 1. The van der Waals surface area contributed by atoms with E-state index in [1.807, 2.05) is 38.3 Å². The van der Waals surface area contributed by atoms with E-state index in [0.717, 1.165) is 6.42 Å². The third-order valence-electron chi connectivity index (χ3n) is 3.58. The molecular weight excluding hydrogens is 344 g/mol. The molecule has 1 fully saturated rings. The highest BCUT2D eigenvalue weighted by molar-refractivity contribution is 7.85. The van der Waals surface area contributed by atoms with Crippen LogP contribution >= 0.6 is 11.3 Å². The number of hydrogen-bond acceptors (Lipinski definition) is 4. The molecule has 0 aromatic carbocycles. The molecule has 0 unspecified atom stereocenters. The summed E-state index contributed by atoms with van der Waals surface area (Å²) in [6.07, 6.45) is 9.44. The lowest BCUT2D eigenvalue weighted by Crippen LogP contribution is -2.08. The molecule has 1 saturated carbocycles. The summed E-state index contributed by atoms with van der Waals surface area (Å²) in [7, 11) is -3.69. The Balaban J connectivity index is 0.000000356. The molecule has 0 amide bonds. The Morgan fingerprint density at radius 3 is 2.04 bits per heavy atom. The standard InChI is InChI=1S/C9H12OS.C5H10.C4H10O3S/c1-7(2)9(10)6-8-4-3-5-11-8;1-2-4-5-3-1;1-2-3-4-8(5,6)7/h3-5,7H,6H2,1-2H3;1-5H2;2-4H2,1H3,(H,5,6,7). The predicted molar refractivity (Wildman–Crippen MR) is 102 cm³/mol. The van der Waals surface area contributed by atoms with Crippen LogP contribution in [0.3, 0.4) is 0 Å². The van der Waals surface area contributed by atoms with Crippen LogP contribution in [0.1, 0.15) is 70.6 Å². The van der Waals surface area contributed by atoms with Crippen LogP contribution in [-0.4, -0.2) is 24.5 Å². The first kappa shape index (κ1) is 23.3. The SMILES string of the molecule is C1CCCC1.CC(C)C(=O)Cc1cccs1.CCCCS(=O)(=O)O. The summed E-state index contributed by atoms with van der Waals surface area (Å²) in [6.45, 7) is 5.75. The van der Waals surface area contributed by atoms with Crippen LogP contribution in [0.5, 0.6) is 0 Å². The summed E-state index contributed by atoms with van der Waals surface area (Å²) in [5, 5.41) is 2.00. The topological polar surface area (TPSA) is 71.4 Å². The normalized spacial score (nSPS) is 13.7. The van der Waals surface area contributed by atoms with E-state index < -0.39 is 10.1 Å². The van der Waals surface area contributed by atoms with Gasteiger partial charge >= 0.3 is 0 Å². The highest BCUT2D eigenvalue weighted by atomic mass is 32.2. The van der Waals surface area contributed by atoms with E-state index in [9.17, 15) is 13.2 Å². The van der Waals surface area contributed by atoms with Gasteiger partial charge in [-0.2, -0.15) is 8.42 Å². The molecule has 0 aliphatic heterocycles. The van der Waals surface area contributed by atoms with E-state index in [1.54, 1.807) is 11.3 Å². The van der Waals surface area contributed by atoms with E-state index in [1.165, 1.54) is 37.0 Å². The van der Waals surface area contributed by atoms with Gasteiger partial charge in [-0.05, 0) is 17.9 Å². The van der Waals surface area contributed by atoms with Gasteiger partial charge in [0.15, 0.2) is 0 Å². The minimum absolute atomic E-state index is 0.108. The Morgan fingerprint density at radius 2 is 1.75 bits per heavy atom. The number of carbonyl (C=O) groups excluding carboxylic acids is 1. The summed E-state index contributed by atoms with van der Waals surface area (Å²) in [6, 6.07) is 3.98. The number of carbonyl (C=O) groups is 1. The number of hydrogen-bond donors (Lipinski definition) is 1. The molecular formula is C18H32O4S2. The molecule has 1 aliphatic rings. The first-order valence-electron chi connectivity index (χ1n) is 8.76. The largest absolute Gasteiger partial charge is 0.299 e. The van der Waals surface area contributed by atoms with Crippen molar-refractivity contribution in [3.8, 4) is 0 Å². The zero-order valence-electron chi connectivity index (χ0n) is 15.2. The van der Waals surface area contributed by atoms with Gasteiger partial charge in [0.1, 0.15) is 5.78 Å². The van der Waals surface area contributed by atoms with Crippen molar-refractivity contribution >= 4 is 27.2 Å². The van der Waals surface area contributed by atoms with Crippen molar-refractivity contribution in [2.75, 3.05) is 5.75 Å². The number of rotatable bonds is 6. The molecule has 0 saturated heterocycles. The van der Waals surface area contributed by atoms with Crippen LogP contribution in [0.2, 0.25) is 0 Å². The van der Waals surface area contributed by atoms with Gasteiger partial charge in [-0.15, -0.1) is 11.3 Å². The Bertz CT molecular complexity index is 508. The van der Waals surface area contributed by atoms with E-state index in [4.69, 9.17) is 4.55 Å². The van der Waals surface area contributed by atoms with Crippen LogP contribution in [0, 0.1) is 5.92 Å². The highest BCUT2D eigenvalue weighted by Gasteiger charge is 2.07. The van der Waals surface area contributed by atoms with Crippen molar-refractivity contribution in [2.24, 2.45) is 5.92 Å². The maximum Gasteiger partial charge on any atom is 0.264 e. The Kier molecular flexibility index (Phi) is 13.2. The monoisotopic (exact) mass is 376 g/mol. The number of unbranched alkanes of at least 4 members (excludes halogenated alkanes) is 1. The lowest BCUT2D eigenvalue weighted by atomic mass is 10.1. The van der Waals surface area contributed by atoms with Crippen LogP contribution in [-0.2, 0) is 21.3 Å². The Hall–Kier alpha value is -0.720. The summed E-state index contributed by atoms with van der Waals surface area (Å²) >= 11 is 1.65. The molecule has 0 spiro atoms. The molecule has 140 valence electrons. The molecule has 1 aromatic heterocycles. The Labute approximate surface area is 151 Å². The third-order valence-corrected chi connectivity index (χ3v) is 5.26. The molecule has 1 heterocycles. The highest BCUT2D eigenvalue weighted by Crippen LogP contribution is 2.15. The summed E-state index contributed by atoms with van der Waals surface area (Å²) in [5.74, 6) is 0.383. The molecule has 1 aromatic rings. The molecule has 1 N–H and O–H groups in total. The number of Topliss-reactive ketones (excluding diaryl/α,β-unsaturated/α-hetero) is 1. The zero-order valence-corrected chi connectivity index (χ0v) is 16.8. The summed E-state index contributed by atoms with van der Waals surface area (Å²) in [4.78, 5) is 12.4. The van der Waals surface area contributed by atoms with Crippen molar-refractivity contribution in [3.63, 3.8) is 0 Å². The maximum absolute atomic E-state index is 11.2. The fraction of sp³-hybridized carbons (Fsp3) is 0.722. The first-order chi connectivity index (χ1) is 11.3. The summed E-state index contributed by atoms with van der Waals surface area (Å²) < 4.78 is 28.0. The van der Waals surface area contributed by atoms with Crippen LogP contribution < -0.4 is 0 Å². The molecule has 0 bridgehead atoms. The van der Waals surface area contributed by atoms with Gasteiger partial charge in [0.05, 0.1) is 5.75 Å². The predicted octanol–water partition coefficient (Wildman–Crippen LogP) is 5.14. The Morgan fingerprint density at radius 1 is 1.21 bits per heavy atom. The van der Waals surface area contributed by atoms with Crippen LogP contribution in [0.15, 0.2) is 17.5 Å². The van der Waals surface area contributed by atoms with E-state index in [2.05, 4.69) is 0 Å². The first-order valence-corrected chi connectivity index (χ1v) is 11.3. The maximum atomic E-state index is 11.2. The van der Waals surface area contributed by atoms with Gasteiger partial charge in [0.2, 0.25) is 0 Å². The van der Waals surface area contributed by atoms with Gasteiger partial charge < -0.3 is 0 Å². The van der Waals surface area contributed by atoms with Crippen molar-refractivity contribution < 1.29 is 17.8 Å². The second kappa shape index (κ2) is 13.6.